The Hall–Kier alpha value is -5.60. The second kappa shape index (κ2) is 10.8. The third kappa shape index (κ3) is 6.04. The van der Waals surface area contributed by atoms with Gasteiger partial charge >= 0.3 is 5.91 Å². The molecule has 2 aromatic carbocycles. The highest BCUT2D eigenvalue weighted by atomic mass is 16.2. The van der Waals surface area contributed by atoms with Crippen LogP contribution in [0.2, 0.25) is 0 Å². The number of carbonyl (C=O) groups is 3. The van der Waals surface area contributed by atoms with Crippen LogP contribution in [0.3, 0.4) is 0 Å². The SMILES string of the molecule is CCN(N=C(N)N)C(=O)c1nc2ccc(NC(=O)c3cc4cc(C(=O)NC(C)N=C(N)N)ccc4[nH]3)cc2[nH]1. The summed E-state index contributed by atoms with van der Waals surface area (Å²) in [6.07, 6.45) is -0.601. The van der Waals surface area contributed by atoms with Crippen LogP contribution in [0.25, 0.3) is 21.9 Å². The van der Waals surface area contributed by atoms with Crippen molar-refractivity contribution in [3.8, 4) is 0 Å². The number of fused-ring (bicyclic) bond motifs is 2. The molecule has 2 aromatic heterocycles. The first-order valence-electron chi connectivity index (χ1n) is 11.8. The van der Waals surface area contributed by atoms with Gasteiger partial charge in [-0.05, 0) is 56.3 Å². The lowest BCUT2D eigenvalue weighted by Gasteiger charge is -2.12. The molecule has 0 bridgehead atoms. The number of benzene rings is 2. The fourth-order valence-electron chi connectivity index (χ4n) is 3.83. The van der Waals surface area contributed by atoms with Gasteiger partial charge in [0.05, 0.1) is 11.0 Å². The van der Waals surface area contributed by atoms with Crippen LogP contribution in [0.1, 0.15) is 45.3 Å². The molecule has 0 saturated heterocycles. The fraction of sp³-hybridized carbons (Fsp3) is 0.167. The normalized spacial score (nSPS) is 11.5. The lowest BCUT2D eigenvalue weighted by molar-refractivity contribution is 0.0757. The molecule has 1 unspecified atom stereocenters. The summed E-state index contributed by atoms with van der Waals surface area (Å²) < 4.78 is 0. The third-order valence-electron chi connectivity index (χ3n) is 5.52. The molecule has 39 heavy (non-hydrogen) atoms. The van der Waals surface area contributed by atoms with Gasteiger partial charge < -0.3 is 43.5 Å². The lowest BCUT2D eigenvalue weighted by atomic mass is 10.1. The highest BCUT2D eigenvalue weighted by Crippen LogP contribution is 2.21. The van der Waals surface area contributed by atoms with Crippen molar-refractivity contribution in [3.63, 3.8) is 0 Å². The number of amides is 3. The van der Waals surface area contributed by atoms with E-state index in [9.17, 15) is 14.4 Å². The molecule has 12 N–H and O–H groups in total. The number of aliphatic imine (C=N–C) groups is 1. The number of hydrogen-bond donors (Lipinski definition) is 8. The van der Waals surface area contributed by atoms with Gasteiger partial charge in [-0.3, -0.25) is 14.4 Å². The minimum absolute atomic E-state index is 0.0449. The van der Waals surface area contributed by atoms with Crippen molar-refractivity contribution in [3.05, 3.63) is 59.5 Å². The van der Waals surface area contributed by atoms with Crippen molar-refractivity contribution in [1.82, 2.24) is 25.3 Å². The molecule has 0 aliphatic rings. The smallest absolute Gasteiger partial charge is 0.309 e. The first-order valence-corrected chi connectivity index (χ1v) is 11.8. The van der Waals surface area contributed by atoms with Crippen molar-refractivity contribution in [2.24, 2.45) is 33.0 Å². The van der Waals surface area contributed by atoms with E-state index in [1.54, 1.807) is 56.3 Å². The van der Waals surface area contributed by atoms with Crippen molar-refractivity contribution in [1.29, 1.82) is 0 Å². The maximum Gasteiger partial charge on any atom is 0.309 e. The summed E-state index contributed by atoms with van der Waals surface area (Å²) in [5, 5.41) is 11.0. The van der Waals surface area contributed by atoms with Crippen LogP contribution < -0.4 is 33.6 Å². The van der Waals surface area contributed by atoms with Gasteiger partial charge in [0.2, 0.25) is 5.96 Å². The first kappa shape index (κ1) is 26.5. The molecular weight excluding hydrogens is 504 g/mol. The third-order valence-corrected chi connectivity index (χ3v) is 5.52. The summed E-state index contributed by atoms with van der Waals surface area (Å²) in [5.74, 6) is -1.62. The molecule has 4 aromatic rings. The number of nitrogens with two attached hydrogens (primary N) is 4. The summed E-state index contributed by atoms with van der Waals surface area (Å²) in [7, 11) is 0. The molecule has 0 aliphatic heterocycles. The topological polar surface area (TPSA) is 252 Å². The van der Waals surface area contributed by atoms with Crippen molar-refractivity contribution in [2.75, 3.05) is 11.9 Å². The van der Waals surface area contributed by atoms with Crippen LogP contribution in [0.15, 0.2) is 52.6 Å². The van der Waals surface area contributed by atoms with Gasteiger partial charge in [-0.2, -0.15) is 0 Å². The average Bonchev–Trinajstić information content (AvgIpc) is 3.49. The van der Waals surface area contributed by atoms with Gasteiger partial charge in [-0.25, -0.2) is 15.0 Å². The van der Waals surface area contributed by atoms with E-state index >= 15 is 0 Å². The molecule has 1 atom stereocenters. The molecular formula is C24H28N12O3. The van der Waals surface area contributed by atoms with Gasteiger partial charge in [0.25, 0.3) is 11.8 Å². The number of nitrogens with one attached hydrogen (secondary N) is 4. The van der Waals surface area contributed by atoms with E-state index in [-0.39, 0.29) is 35.9 Å². The summed E-state index contributed by atoms with van der Waals surface area (Å²) in [4.78, 5) is 52.2. The van der Waals surface area contributed by atoms with Gasteiger partial charge in [-0.15, -0.1) is 5.10 Å². The van der Waals surface area contributed by atoms with Crippen LogP contribution in [-0.4, -0.2) is 62.3 Å². The predicted molar refractivity (Wildman–Crippen MR) is 148 cm³/mol. The number of nitrogens with zero attached hydrogens (tertiary/aromatic N) is 4. The number of hydrazone groups is 1. The van der Waals surface area contributed by atoms with E-state index in [4.69, 9.17) is 22.9 Å². The zero-order chi connectivity index (χ0) is 28.3. The average molecular weight is 533 g/mol. The summed E-state index contributed by atoms with van der Waals surface area (Å²) >= 11 is 0. The molecule has 0 radical (unpaired) electrons. The van der Waals surface area contributed by atoms with E-state index < -0.39 is 18.0 Å². The molecule has 0 spiro atoms. The molecule has 4 rings (SSSR count). The Balaban J connectivity index is 1.50. The molecule has 15 nitrogen and oxygen atoms in total. The quantitative estimate of drug-likeness (QED) is 0.0887. The summed E-state index contributed by atoms with van der Waals surface area (Å²) in [6, 6.07) is 11.6. The Morgan fingerprint density at radius 1 is 0.974 bits per heavy atom. The van der Waals surface area contributed by atoms with E-state index in [0.29, 0.717) is 33.2 Å². The van der Waals surface area contributed by atoms with Crippen LogP contribution in [0.4, 0.5) is 5.69 Å². The number of imidazole rings is 1. The minimum Gasteiger partial charge on any atom is -0.370 e. The molecule has 3 amide bonds. The van der Waals surface area contributed by atoms with Gasteiger partial charge in [-0.1, -0.05) is 0 Å². The number of guanidine groups is 2. The monoisotopic (exact) mass is 532 g/mol. The number of H-pyrrole nitrogens is 2. The number of aromatic amines is 2. The number of anilines is 1. The van der Waals surface area contributed by atoms with Crippen LogP contribution in [0.5, 0.6) is 0 Å². The second-order valence-corrected chi connectivity index (χ2v) is 8.51. The predicted octanol–water partition coefficient (Wildman–Crippen LogP) is 0.296. The van der Waals surface area contributed by atoms with Crippen molar-refractivity contribution < 1.29 is 14.4 Å². The Kier molecular flexibility index (Phi) is 7.32. The van der Waals surface area contributed by atoms with Crippen molar-refractivity contribution in [2.45, 2.75) is 20.0 Å². The van der Waals surface area contributed by atoms with Crippen molar-refractivity contribution >= 4 is 57.3 Å². The highest BCUT2D eigenvalue weighted by Gasteiger charge is 2.19. The Morgan fingerprint density at radius 3 is 2.44 bits per heavy atom. The second-order valence-electron chi connectivity index (χ2n) is 8.51. The standard InChI is InChI=1S/C24H28N12O3/c1-3-36(35-24(27)28)22(39)19-33-16-7-5-14(10-17(16)34-19)31-21(38)18-9-13-8-12(4-6-15(13)32-18)20(37)29-11(2)30-23(25)26/h4-11,32H,3H2,1-2H3,(H,29,37)(H,31,38)(H,33,34)(H4,25,26,30)(H4,27,28,35). The Bertz CT molecular complexity index is 1630. The maximum absolute atomic E-state index is 12.9. The van der Waals surface area contributed by atoms with E-state index in [2.05, 4.69) is 35.7 Å². The van der Waals surface area contributed by atoms with E-state index in [1.165, 1.54) is 0 Å². The molecule has 0 fully saturated rings. The molecule has 0 saturated carbocycles. The first-order chi connectivity index (χ1) is 18.5. The molecule has 15 heteroatoms. The number of aromatic nitrogens is 3. The number of hydrogen-bond acceptors (Lipinski definition) is 6. The number of carbonyl (C=O) groups excluding carboxylic acids is 3. The lowest BCUT2D eigenvalue weighted by Crippen LogP contribution is -2.35. The van der Waals surface area contributed by atoms with E-state index in [1.807, 2.05) is 0 Å². The minimum atomic E-state index is -0.601. The molecule has 0 aliphatic carbocycles. The molecule has 202 valence electrons. The maximum atomic E-state index is 12.9. The zero-order valence-electron chi connectivity index (χ0n) is 21.1. The van der Waals surface area contributed by atoms with Crippen LogP contribution in [-0.2, 0) is 0 Å². The zero-order valence-corrected chi connectivity index (χ0v) is 21.1. The van der Waals surface area contributed by atoms with Gasteiger partial charge in [0.1, 0.15) is 11.9 Å². The van der Waals surface area contributed by atoms with Crippen LogP contribution in [0, 0.1) is 0 Å². The summed E-state index contributed by atoms with van der Waals surface area (Å²) in [5.41, 5.74) is 24.3. The van der Waals surface area contributed by atoms with Crippen LogP contribution >= 0.6 is 0 Å². The molecule has 2 heterocycles. The van der Waals surface area contributed by atoms with E-state index in [0.717, 1.165) is 5.01 Å². The fourth-order valence-corrected chi connectivity index (χ4v) is 3.83. The Morgan fingerprint density at radius 2 is 1.74 bits per heavy atom. The number of rotatable bonds is 8. The highest BCUT2D eigenvalue weighted by molar-refractivity contribution is 6.07. The summed E-state index contributed by atoms with van der Waals surface area (Å²) in [6.45, 7) is 3.60. The van der Waals surface area contributed by atoms with Gasteiger partial charge in [0.15, 0.2) is 11.8 Å². The van der Waals surface area contributed by atoms with Gasteiger partial charge in [0, 0.05) is 28.7 Å². The largest absolute Gasteiger partial charge is 0.370 e. The Labute approximate surface area is 221 Å².